The van der Waals surface area contributed by atoms with Crippen molar-refractivity contribution in [1.82, 2.24) is 5.32 Å². The molecule has 1 fully saturated rings. The van der Waals surface area contributed by atoms with Crippen LogP contribution in [0.5, 0.6) is 0 Å². The van der Waals surface area contributed by atoms with Gasteiger partial charge in [0.1, 0.15) is 0 Å². The number of carbonyl (C=O) groups excluding carboxylic acids is 1. The van der Waals surface area contributed by atoms with E-state index < -0.39 is 0 Å². The molecule has 0 aliphatic heterocycles. The van der Waals surface area contributed by atoms with Crippen molar-refractivity contribution >= 4 is 11.6 Å². The van der Waals surface area contributed by atoms with E-state index in [2.05, 4.69) is 17.6 Å². The van der Waals surface area contributed by atoms with Crippen molar-refractivity contribution in [2.24, 2.45) is 5.92 Å². The normalized spacial score (nSPS) is 17.5. The first-order valence-electron chi connectivity index (χ1n) is 7.85. The molecule has 110 valence electrons. The van der Waals surface area contributed by atoms with Crippen LogP contribution < -0.4 is 10.6 Å². The Morgan fingerprint density at radius 3 is 2.45 bits per heavy atom. The largest absolute Gasteiger partial charge is 0.382 e. The summed E-state index contributed by atoms with van der Waals surface area (Å²) in [4.78, 5) is 11.7. The Bertz CT molecular complexity index is 421. The average molecular weight is 274 g/mol. The third kappa shape index (κ3) is 3.99. The van der Waals surface area contributed by atoms with Crippen molar-refractivity contribution in [1.29, 1.82) is 0 Å². The molecule has 2 N–H and O–H groups in total. The number of hydrogen-bond acceptors (Lipinski definition) is 2. The zero-order valence-electron chi connectivity index (χ0n) is 12.6. The number of hydrogen-bond donors (Lipinski definition) is 2. The van der Waals surface area contributed by atoms with E-state index in [1.807, 2.05) is 31.2 Å². The van der Waals surface area contributed by atoms with Crippen LogP contribution in [0.1, 0.15) is 56.3 Å². The quantitative estimate of drug-likeness (QED) is 0.857. The highest BCUT2D eigenvalue weighted by Crippen LogP contribution is 2.28. The number of rotatable bonds is 5. The van der Waals surface area contributed by atoms with E-state index in [9.17, 15) is 4.79 Å². The molecule has 3 nitrogen and oxygen atoms in total. The van der Waals surface area contributed by atoms with Crippen molar-refractivity contribution in [3.8, 4) is 0 Å². The van der Waals surface area contributed by atoms with Crippen molar-refractivity contribution in [2.75, 3.05) is 11.9 Å². The Labute approximate surface area is 122 Å². The molecule has 1 unspecified atom stereocenters. The lowest BCUT2D eigenvalue weighted by molar-refractivity contribution is 0.0956. The molecular weight excluding hydrogens is 248 g/mol. The zero-order valence-corrected chi connectivity index (χ0v) is 12.6. The van der Waals surface area contributed by atoms with Gasteiger partial charge in [-0.2, -0.15) is 0 Å². The monoisotopic (exact) mass is 274 g/mol. The Balaban J connectivity index is 1.91. The lowest BCUT2D eigenvalue weighted by atomic mass is 9.84. The van der Waals surface area contributed by atoms with E-state index in [0.29, 0.717) is 12.6 Å². The molecular formula is C17H26N2O. The molecule has 1 saturated carbocycles. The van der Waals surface area contributed by atoms with Gasteiger partial charge in [-0.25, -0.2) is 0 Å². The molecule has 1 atom stereocenters. The van der Waals surface area contributed by atoms with E-state index in [-0.39, 0.29) is 5.91 Å². The van der Waals surface area contributed by atoms with E-state index in [0.717, 1.165) is 17.2 Å². The Morgan fingerprint density at radius 2 is 1.85 bits per heavy atom. The second-order valence-electron chi connectivity index (χ2n) is 5.77. The van der Waals surface area contributed by atoms with Crippen LogP contribution in [0.25, 0.3) is 0 Å². The van der Waals surface area contributed by atoms with Crippen molar-refractivity contribution in [3.63, 3.8) is 0 Å². The molecule has 1 aromatic carbocycles. The summed E-state index contributed by atoms with van der Waals surface area (Å²) >= 11 is 0. The predicted molar refractivity (Wildman–Crippen MR) is 84.1 cm³/mol. The van der Waals surface area contributed by atoms with E-state index >= 15 is 0 Å². The minimum Gasteiger partial charge on any atom is -0.382 e. The maximum absolute atomic E-state index is 11.7. The number of anilines is 1. The van der Waals surface area contributed by atoms with Gasteiger partial charge in [-0.15, -0.1) is 0 Å². The van der Waals surface area contributed by atoms with Gasteiger partial charge in [-0.05, 0) is 56.9 Å². The van der Waals surface area contributed by atoms with Gasteiger partial charge in [0.2, 0.25) is 0 Å². The summed E-state index contributed by atoms with van der Waals surface area (Å²) in [6, 6.07) is 8.29. The second-order valence-corrected chi connectivity index (χ2v) is 5.77. The van der Waals surface area contributed by atoms with Crippen LogP contribution in [0.15, 0.2) is 24.3 Å². The molecule has 0 heterocycles. The van der Waals surface area contributed by atoms with Gasteiger partial charge in [0.05, 0.1) is 0 Å². The van der Waals surface area contributed by atoms with Crippen LogP contribution >= 0.6 is 0 Å². The Morgan fingerprint density at radius 1 is 1.20 bits per heavy atom. The highest BCUT2D eigenvalue weighted by Gasteiger charge is 2.19. The lowest BCUT2D eigenvalue weighted by Gasteiger charge is -2.29. The van der Waals surface area contributed by atoms with Gasteiger partial charge >= 0.3 is 0 Å². The SMILES string of the molecule is CCNC(=O)c1ccc(NC(C)C2CCCCC2)cc1. The first-order valence-corrected chi connectivity index (χ1v) is 7.85. The van der Waals surface area contributed by atoms with Crippen molar-refractivity contribution in [3.05, 3.63) is 29.8 Å². The van der Waals surface area contributed by atoms with Gasteiger partial charge in [0, 0.05) is 23.8 Å². The minimum atomic E-state index is -0.000575. The summed E-state index contributed by atoms with van der Waals surface area (Å²) < 4.78 is 0. The minimum absolute atomic E-state index is 0.000575. The third-order valence-corrected chi connectivity index (χ3v) is 4.24. The highest BCUT2D eigenvalue weighted by molar-refractivity contribution is 5.94. The molecule has 0 radical (unpaired) electrons. The summed E-state index contributed by atoms with van der Waals surface area (Å²) in [7, 11) is 0. The second kappa shape index (κ2) is 7.32. The predicted octanol–water partition coefficient (Wildman–Crippen LogP) is 3.82. The van der Waals surface area contributed by atoms with Crippen molar-refractivity contribution < 1.29 is 4.79 Å². The van der Waals surface area contributed by atoms with Crippen molar-refractivity contribution in [2.45, 2.75) is 52.0 Å². The van der Waals surface area contributed by atoms with Crippen LogP contribution in [-0.2, 0) is 0 Å². The summed E-state index contributed by atoms with van der Waals surface area (Å²) in [5.41, 5.74) is 1.83. The molecule has 0 bridgehead atoms. The summed E-state index contributed by atoms with van der Waals surface area (Å²) in [5, 5.41) is 6.39. The first kappa shape index (κ1) is 14.9. The fourth-order valence-corrected chi connectivity index (χ4v) is 3.00. The maximum Gasteiger partial charge on any atom is 0.251 e. The van der Waals surface area contributed by atoms with Gasteiger partial charge in [0.25, 0.3) is 5.91 Å². The van der Waals surface area contributed by atoms with Crippen LogP contribution in [0.3, 0.4) is 0 Å². The standard InChI is InChI=1S/C17H26N2O/c1-3-18-17(20)15-9-11-16(12-10-15)19-13(2)14-7-5-4-6-8-14/h9-14,19H,3-8H2,1-2H3,(H,18,20). The first-order chi connectivity index (χ1) is 9.70. The van der Waals surface area contributed by atoms with E-state index in [1.54, 1.807) is 0 Å². The maximum atomic E-state index is 11.7. The average Bonchev–Trinajstić information content (AvgIpc) is 2.49. The molecule has 0 aromatic heterocycles. The molecule has 0 saturated heterocycles. The smallest absolute Gasteiger partial charge is 0.251 e. The fourth-order valence-electron chi connectivity index (χ4n) is 3.00. The van der Waals surface area contributed by atoms with Gasteiger partial charge in [0.15, 0.2) is 0 Å². The summed E-state index contributed by atoms with van der Waals surface area (Å²) in [6.07, 6.45) is 6.81. The molecule has 1 aromatic rings. The molecule has 1 amide bonds. The van der Waals surface area contributed by atoms with Gasteiger partial charge < -0.3 is 10.6 Å². The van der Waals surface area contributed by atoms with Crippen LogP contribution in [0.2, 0.25) is 0 Å². The molecule has 3 heteroatoms. The lowest BCUT2D eigenvalue weighted by Crippen LogP contribution is -2.27. The molecule has 0 spiro atoms. The van der Waals surface area contributed by atoms with E-state index in [4.69, 9.17) is 0 Å². The number of benzene rings is 1. The van der Waals surface area contributed by atoms with E-state index in [1.165, 1.54) is 32.1 Å². The molecule has 1 aliphatic rings. The Kier molecular flexibility index (Phi) is 5.45. The zero-order chi connectivity index (χ0) is 14.4. The molecule has 2 rings (SSSR count). The van der Waals surface area contributed by atoms with Gasteiger partial charge in [-0.1, -0.05) is 19.3 Å². The number of carbonyl (C=O) groups is 1. The van der Waals surface area contributed by atoms with Crippen LogP contribution in [0, 0.1) is 5.92 Å². The van der Waals surface area contributed by atoms with Crippen LogP contribution in [0.4, 0.5) is 5.69 Å². The van der Waals surface area contributed by atoms with Crippen LogP contribution in [-0.4, -0.2) is 18.5 Å². The molecule has 20 heavy (non-hydrogen) atoms. The number of amides is 1. The Hall–Kier alpha value is -1.51. The summed E-state index contributed by atoms with van der Waals surface area (Å²) in [5.74, 6) is 0.784. The number of nitrogens with one attached hydrogen (secondary N) is 2. The third-order valence-electron chi connectivity index (χ3n) is 4.24. The topological polar surface area (TPSA) is 41.1 Å². The highest BCUT2D eigenvalue weighted by atomic mass is 16.1. The molecule has 1 aliphatic carbocycles. The fraction of sp³-hybridized carbons (Fsp3) is 0.588. The van der Waals surface area contributed by atoms with Gasteiger partial charge in [-0.3, -0.25) is 4.79 Å². The summed E-state index contributed by atoms with van der Waals surface area (Å²) in [6.45, 7) is 4.87.